The van der Waals surface area contributed by atoms with Gasteiger partial charge in [-0.15, -0.1) is 0 Å². The Morgan fingerprint density at radius 2 is 2.08 bits per heavy atom. The largest absolute Gasteiger partial charge is 0.493 e. The lowest BCUT2D eigenvalue weighted by Crippen LogP contribution is -1.91. The molecule has 0 fully saturated rings. The molecule has 0 spiro atoms. The molecule has 0 atom stereocenters. The maximum atomic E-state index is 9.19. The maximum absolute atomic E-state index is 9.19. The van der Waals surface area contributed by atoms with Crippen LogP contribution < -0.4 is 0 Å². The van der Waals surface area contributed by atoms with Gasteiger partial charge >= 0.3 is 0 Å². The Hall–Kier alpha value is -1.43. The lowest BCUT2D eigenvalue weighted by Gasteiger charge is -1.99. The normalized spacial score (nSPS) is 10.8. The molecule has 5 nitrogen and oxygen atoms in total. The highest BCUT2D eigenvalue weighted by Crippen LogP contribution is 2.21. The van der Waals surface area contributed by atoms with E-state index in [9.17, 15) is 5.11 Å². The summed E-state index contributed by atoms with van der Waals surface area (Å²) in [6.45, 7) is 0. The van der Waals surface area contributed by atoms with Crippen LogP contribution in [0.4, 0.5) is 0 Å². The number of imidazole rings is 1. The molecule has 2 aromatic heterocycles. The summed E-state index contributed by atoms with van der Waals surface area (Å²) in [5.41, 5.74) is 0.481. The van der Waals surface area contributed by atoms with E-state index in [1.165, 1.54) is 24.0 Å². The molecule has 2 rings (SSSR count). The van der Waals surface area contributed by atoms with Crippen molar-refractivity contribution in [3.8, 4) is 11.8 Å². The molecule has 2 N–H and O–H groups in total. The first-order valence-corrected chi connectivity index (χ1v) is 4.75. The van der Waals surface area contributed by atoms with E-state index >= 15 is 0 Å². The van der Waals surface area contributed by atoms with Gasteiger partial charge in [0.15, 0.2) is 5.16 Å². The number of rotatable bonds is 1. The summed E-state index contributed by atoms with van der Waals surface area (Å²) in [6, 6.07) is 1.39. The quantitative estimate of drug-likeness (QED) is 0.524. The molecule has 2 aromatic rings. The molecule has 0 saturated heterocycles. The van der Waals surface area contributed by atoms with Gasteiger partial charge in [-0.05, 0) is 6.26 Å². The van der Waals surface area contributed by atoms with Gasteiger partial charge in [-0.3, -0.25) is 4.40 Å². The van der Waals surface area contributed by atoms with Gasteiger partial charge in [0.25, 0.3) is 0 Å². The Kier molecular flexibility index (Phi) is 1.77. The molecule has 0 aliphatic heterocycles. The minimum Gasteiger partial charge on any atom is -0.493 e. The molecule has 0 bridgehead atoms. The Morgan fingerprint density at radius 1 is 1.31 bits per heavy atom. The molecular weight excluding hydrogens is 190 g/mol. The van der Waals surface area contributed by atoms with Crippen LogP contribution in [0.25, 0.3) is 5.65 Å². The molecule has 0 radical (unpaired) electrons. The van der Waals surface area contributed by atoms with Crippen LogP contribution in [0.5, 0.6) is 11.8 Å². The maximum Gasteiger partial charge on any atom is 0.230 e. The minimum absolute atomic E-state index is 0.0808. The predicted octanol–water partition coefficient (Wildman–Crippen LogP) is 0.862. The van der Waals surface area contributed by atoms with E-state index in [-0.39, 0.29) is 11.8 Å². The third-order valence-corrected chi connectivity index (χ3v) is 2.23. The zero-order valence-corrected chi connectivity index (χ0v) is 7.62. The summed E-state index contributed by atoms with van der Waals surface area (Å²) in [5, 5.41) is 18.9. The van der Waals surface area contributed by atoms with Crippen LogP contribution >= 0.6 is 11.8 Å². The van der Waals surface area contributed by atoms with Crippen molar-refractivity contribution < 1.29 is 10.2 Å². The smallest absolute Gasteiger partial charge is 0.230 e. The topological polar surface area (TPSA) is 70.7 Å². The third-order valence-electron chi connectivity index (χ3n) is 1.58. The molecule has 2 heterocycles. The second-order valence-corrected chi connectivity index (χ2v) is 3.20. The van der Waals surface area contributed by atoms with E-state index in [4.69, 9.17) is 5.11 Å². The standard InChI is InChI=1S/C7H7N3O2S/c1-13-7-9-5(11)2-4-8-6(12)3-10(4)7/h2-3,11-12H,1H3. The lowest BCUT2D eigenvalue weighted by atomic mass is 10.6. The second kappa shape index (κ2) is 2.81. The zero-order chi connectivity index (χ0) is 9.42. The summed E-state index contributed by atoms with van der Waals surface area (Å²) in [7, 11) is 0. The highest BCUT2D eigenvalue weighted by atomic mass is 32.2. The van der Waals surface area contributed by atoms with Crippen LogP contribution in [0.15, 0.2) is 17.4 Å². The van der Waals surface area contributed by atoms with Crippen LogP contribution in [0, 0.1) is 0 Å². The summed E-state index contributed by atoms with van der Waals surface area (Å²) in [4.78, 5) is 7.65. The first kappa shape index (κ1) is 8.18. The minimum atomic E-state index is -0.0950. The van der Waals surface area contributed by atoms with Gasteiger partial charge in [-0.1, -0.05) is 11.8 Å². The van der Waals surface area contributed by atoms with Crippen molar-refractivity contribution in [3.63, 3.8) is 0 Å². The third kappa shape index (κ3) is 1.29. The van der Waals surface area contributed by atoms with E-state index in [0.717, 1.165) is 0 Å². The number of aromatic nitrogens is 3. The predicted molar refractivity (Wildman–Crippen MR) is 48.1 cm³/mol. The number of hydrogen-bond donors (Lipinski definition) is 2. The molecule has 0 aromatic carbocycles. The van der Waals surface area contributed by atoms with Gasteiger partial charge in [0.1, 0.15) is 5.65 Å². The number of hydrogen-bond acceptors (Lipinski definition) is 5. The number of thioether (sulfide) groups is 1. The first-order valence-electron chi connectivity index (χ1n) is 3.53. The molecule has 0 unspecified atom stereocenters. The fourth-order valence-corrected chi connectivity index (χ4v) is 1.61. The molecule has 68 valence electrons. The van der Waals surface area contributed by atoms with Crippen molar-refractivity contribution in [3.05, 3.63) is 12.3 Å². The Balaban J connectivity index is 2.80. The zero-order valence-electron chi connectivity index (χ0n) is 6.80. The number of fused-ring (bicyclic) bond motifs is 1. The van der Waals surface area contributed by atoms with Gasteiger partial charge < -0.3 is 10.2 Å². The van der Waals surface area contributed by atoms with Crippen molar-refractivity contribution in [1.82, 2.24) is 14.4 Å². The fourth-order valence-electron chi connectivity index (χ4n) is 1.08. The molecule has 0 saturated carbocycles. The SMILES string of the molecule is CSc1nc(O)cc2nc(O)cn12. The highest BCUT2D eigenvalue weighted by Gasteiger charge is 2.06. The molecular formula is C7H7N3O2S. The van der Waals surface area contributed by atoms with E-state index in [1.54, 1.807) is 4.40 Å². The highest BCUT2D eigenvalue weighted by molar-refractivity contribution is 7.98. The fraction of sp³-hybridized carbons (Fsp3) is 0.143. The Bertz CT molecular complexity index is 454. The van der Waals surface area contributed by atoms with Crippen molar-refractivity contribution in [2.45, 2.75) is 5.16 Å². The van der Waals surface area contributed by atoms with E-state index < -0.39 is 0 Å². The summed E-state index contributed by atoms with van der Waals surface area (Å²) in [6.07, 6.45) is 3.28. The number of nitrogens with zero attached hydrogens (tertiary/aromatic N) is 3. The summed E-state index contributed by atoms with van der Waals surface area (Å²) in [5.74, 6) is -0.176. The monoisotopic (exact) mass is 197 g/mol. The van der Waals surface area contributed by atoms with Crippen LogP contribution in [-0.2, 0) is 0 Å². The van der Waals surface area contributed by atoms with Crippen LogP contribution in [-0.4, -0.2) is 30.8 Å². The molecule has 0 aliphatic rings. The van der Waals surface area contributed by atoms with Crippen molar-refractivity contribution in [1.29, 1.82) is 0 Å². The second-order valence-electron chi connectivity index (χ2n) is 2.43. The van der Waals surface area contributed by atoms with Crippen molar-refractivity contribution in [2.75, 3.05) is 6.26 Å². The van der Waals surface area contributed by atoms with E-state index in [1.807, 2.05) is 6.26 Å². The molecule has 6 heteroatoms. The molecule has 0 amide bonds. The summed E-state index contributed by atoms with van der Waals surface area (Å²) >= 11 is 1.37. The molecule has 13 heavy (non-hydrogen) atoms. The Labute approximate surface area is 78.1 Å². The first-order chi connectivity index (χ1) is 6.20. The van der Waals surface area contributed by atoms with Gasteiger partial charge in [-0.2, -0.15) is 9.97 Å². The average Bonchev–Trinajstić information content (AvgIpc) is 2.43. The van der Waals surface area contributed by atoms with Gasteiger partial charge in [-0.25, -0.2) is 0 Å². The lowest BCUT2D eigenvalue weighted by molar-refractivity contribution is 0.445. The van der Waals surface area contributed by atoms with Crippen molar-refractivity contribution in [2.24, 2.45) is 0 Å². The van der Waals surface area contributed by atoms with E-state index in [2.05, 4.69) is 9.97 Å². The van der Waals surface area contributed by atoms with Gasteiger partial charge in [0.05, 0.1) is 6.20 Å². The average molecular weight is 197 g/mol. The van der Waals surface area contributed by atoms with Crippen LogP contribution in [0.3, 0.4) is 0 Å². The van der Waals surface area contributed by atoms with Gasteiger partial charge in [0.2, 0.25) is 11.8 Å². The van der Waals surface area contributed by atoms with Crippen LogP contribution in [0.2, 0.25) is 0 Å². The van der Waals surface area contributed by atoms with Crippen molar-refractivity contribution >= 4 is 17.4 Å². The van der Waals surface area contributed by atoms with E-state index in [0.29, 0.717) is 10.8 Å². The van der Waals surface area contributed by atoms with Crippen LogP contribution in [0.1, 0.15) is 0 Å². The Morgan fingerprint density at radius 3 is 2.77 bits per heavy atom. The molecule has 0 aliphatic carbocycles. The number of aromatic hydroxyl groups is 2. The van der Waals surface area contributed by atoms with Gasteiger partial charge in [0, 0.05) is 6.07 Å². The summed E-state index contributed by atoms with van der Waals surface area (Å²) < 4.78 is 1.61.